The normalized spacial score (nSPS) is 17.1. The van der Waals surface area contributed by atoms with Crippen LogP contribution in [0.1, 0.15) is 31.4 Å². The Labute approximate surface area is 107 Å². The average Bonchev–Trinajstić information content (AvgIpc) is 2.69. The molecule has 5 heteroatoms. The number of thiocarbonyl (C=S) groups is 1. The molecule has 92 valence electrons. The summed E-state index contributed by atoms with van der Waals surface area (Å²) in [5.41, 5.74) is 2.89. The Kier molecular flexibility index (Phi) is 4.55. The topological polar surface area (TPSA) is 40.8 Å². The Morgan fingerprint density at radius 1 is 1.35 bits per heavy atom. The first kappa shape index (κ1) is 12.1. The first-order chi connectivity index (χ1) is 8.36. The quantitative estimate of drug-likeness (QED) is 0.498. The second kappa shape index (κ2) is 6.39. The molecule has 4 nitrogen and oxygen atoms in total. The fraction of sp³-hybridized carbons (Fsp3) is 0.500. The highest BCUT2D eigenvalue weighted by molar-refractivity contribution is 7.80. The summed E-state index contributed by atoms with van der Waals surface area (Å²) in [4.78, 5) is 2.18. The first-order valence-corrected chi connectivity index (χ1v) is 6.38. The van der Waals surface area contributed by atoms with Crippen molar-refractivity contribution in [2.24, 2.45) is 5.10 Å². The van der Waals surface area contributed by atoms with Crippen LogP contribution in [-0.4, -0.2) is 29.3 Å². The largest absolute Gasteiger partial charge is 0.463 e. The van der Waals surface area contributed by atoms with Crippen molar-refractivity contribution in [1.82, 2.24) is 10.3 Å². The third-order valence-electron chi connectivity index (χ3n) is 2.79. The molecule has 1 saturated heterocycles. The van der Waals surface area contributed by atoms with E-state index in [0.717, 1.165) is 18.8 Å². The predicted molar refractivity (Wildman–Crippen MR) is 72.1 cm³/mol. The lowest BCUT2D eigenvalue weighted by Gasteiger charge is -2.21. The monoisotopic (exact) mass is 251 g/mol. The summed E-state index contributed by atoms with van der Waals surface area (Å²) in [5.74, 6) is 0.719. The number of nitrogens with one attached hydrogen (secondary N) is 1. The van der Waals surface area contributed by atoms with Crippen molar-refractivity contribution in [1.29, 1.82) is 0 Å². The van der Waals surface area contributed by atoms with Crippen LogP contribution in [0.3, 0.4) is 0 Å². The number of rotatable bonds is 2. The molecular weight excluding hydrogens is 234 g/mol. The van der Waals surface area contributed by atoms with Crippen LogP contribution >= 0.6 is 12.2 Å². The Hall–Kier alpha value is -1.36. The molecule has 1 aromatic heterocycles. The van der Waals surface area contributed by atoms with Gasteiger partial charge in [0.15, 0.2) is 5.11 Å². The van der Waals surface area contributed by atoms with Crippen molar-refractivity contribution >= 4 is 23.5 Å². The number of hydrogen-bond acceptors (Lipinski definition) is 3. The second-order valence-corrected chi connectivity index (χ2v) is 4.48. The molecule has 0 aromatic carbocycles. The highest BCUT2D eigenvalue weighted by atomic mass is 32.1. The summed E-state index contributed by atoms with van der Waals surface area (Å²) in [5, 5.41) is 4.77. The molecule has 0 unspecified atom stereocenters. The maximum absolute atomic E-state index is 5.30. The van der Waals surface area contributed by atoms with Crippen LogP contribution in [0.2, 0.25) is 0 Å². The maximum atomic E-state index is 5.30. The van der Waals surface area contributed by atoms with Gasteiger partial charge in [-0.15, -0.1) is 0 Å². The summed E-state index contributed by atoms with van der Waals surface area (Å²) < 4.78 is 5.13. The highest BCUT2D eigenvalue weighted by Crippen LogP contribution is 2.09. The van der Waals surface area contributed by atoms with Crippen LogP contribution in [-0.2, 0) is 0 Å². The number of hydrazone groups is 1. The molecule has 2 rings (SSSR count). The molecule has 1 aliphatic heterocycles. The van der Waals surface area contributed by atoms with Gasteiger partial charge in [0.25, 0.3) is 0 Å². The van der Waals surface area contributed by atoms with Gasteiger partial charge < -0.3 is 9.32 Å². The summed E-state index contributed by atoms with van der Waals surface area (Å²) in [6, 6.07) is 3.68. The summed E-state index contributed by atoms with van der Waals surface area (Å²) >= 11 is 5.30. The molecule has 2 heterocycles. The number of nitrogens with zero attached hydrogens (tertiary/aromatic N) is 2. The molecule has 0 atom stereocenters. The van der Waals surface area contributed by atoms with Gasteiger partial charge in [-0.25, -0.2) is 0 Å². The van der Waals surface area contributed by atoms with Gasteiger partial charge in [-0.3, -0.25) is 5.43 Å². The fourth-order valence-corrected chi connectivity index (χ4v) is 2.10. The average molecular weight is 251 g/mol. The van der Waals surface area contributed by atoms with E-state index in [2.05, 4.69) is 15.4 Å². The Balaban J connectivity index is 1.80. The molecule has 0 amide bonds. The number of furan rings is 1. The number of likely N-dealkylation sites (tertiary alicyclic amines) is 1. The van der Waals surface area contributed by atoms with Gasteiger partial charge in [-0.2, -0.15) is 5.10 Å². The molecular formula is C12H17N3OS. The van der Waals surface area contributed by atoms with Crippen LogP contribution < -0.4 is 5.43 Å². The Morgan fingerprint density at radius 3 is 2.76 bits per heavy atom. The first-order valence-electron chi connectivity index (χ1n) is 5.98. The minimum atomic E-state index is 0.703. The van der Waals surface area contributed by atoms with Crippen molar-refractivity contribution in [3.05, 3.63) is 24.2 Å². The van der Waals surface area contributed by atoms with E-state index in [0.29, 0.717) is 5.11 Å². The predicted octanol–water partition coefficient (Wildman–Crippen LogP) is 2.36. The minimum Gasteiger partial charge on any atom is -0.463 e. The summed E-state index contributed by atoms with van der Waals surface area (Å²) in [6.07, 6.45) is 8.27. The lowest BCUT2D eigenvalue weighted by molar-refractivity contribution is 0.428. The zero-order chi connectivity index (χ0) is 11.9. The van der Waals surface area contributed by atoms with Crippen LogP contribution in [0.5, 0.6) is 0 Å². The van der Waals surface area contributed by atoms with E-state index in [-0.39, 0.29) is 0 Å². The zero-order valence-corrected chi connectivity index (χ0v) is 10.6. The molecule has 1 fully saturated rings. The minimum absolute atomic E-state index is 0.703. The Morgan fingerprint density at radius 2 is 2.12 bits per heavy atom. The van der Waals surface area contributed by atoms with Gasteiger partial charge in [0, 0.05) is 13.1 Å². The van der Waals surface area contributed by atoms with Crippen molar-refractivity contribution in [3.8, 4) is 0 Å². The zero-order valence-electron chi connectivity index (χ0n) is 9.76. The maximum Gasteiger partial charge on any atom is 0.189 e. The van der Waals surface area contributed by atoms with E-state index in [4.69, 9.17) is 16.6 Å². The molecule has 17 heavy (non-hydrogen) atoms. The van der Waals surface area contributed by atoms with Crippen molar-refractivity contribution in [2.75, 3.05) is 13.1 Å². The molecule has 0 saturated carbocycles. The van der Waals surface area contributed by atoms with E-state index in [9.17, 15) is 0 Å². The van der Waals surface area contributed by atoms with E-state index < -0.39 is 0 Å². The molecule has 1 N–H and O–H groups in total. The molecule has 1 aliphatic rings. The van der Waals surface area contributed by atoms with E-state index in [1.54, 1.807) is 12.5 Å². The van der Waals surface area contributed by atoms with Crippen molar-refractivity contribution in [3.63, 3.8) is 0 Å². The standard InChI is InChI=1S/C12H17N3OS/c17-12(15-7-3-1-2-4-8-15)14-13-10-11-6-5-9-16-11/h5-6,9-10H,1-4,7-8H2,(H,14,17)/b13-10+. The molecule has 0 bridgehead atoms. The smallest absolute Gasteiger partial charge is 0.189 e. The van der Waals surface area contributed by atoms with Gasteiger partial charge in [-0.05, 0) is 37.2 Å². The van der Waals surface area contributed by atoms with Crippen LogP contribution in [0.15, 0.2) is 27.9 Å². The highest BCUT2D eigenvalue weighted by Gasteiger charge is 2.11. The summed E-state index contributed by atoms with van der Waals surface area (Å²) in [6.45, 7) is 2.06. The van der Waals surface area contributed by atoms with Crippen LogP contribution in [0, 0.1) is 0 Å². The fourth-order valence-electron chi connectivity index (χ4n) is 1.86. The van der Waals surface area contributed by atoms with Crippen molar-refractivity contribution in [2.45, 2.75) is 25.7 Å². The molecule has 0 aliphatic carbocycles. The van der Waals surface area contributed by atoms with Gasteiger partial charge in [-0.1, -0.05) is 12.8 Å². The third kappa shape index (κ3) is 3.85. The summed E-state index contributed by atoms with van der Waals surface area (Å²) in [7, 11) is 0. The van der Waals surface area contributed by atoms with E-state index in [1.807, 2.05) is 12.1 Å². The van der Waals surface area contributed by atoms with Gasteiger partial charge >= 0.3 is 0 Å². The van der Waals surface area contributed by atoms with Crippen LogP contribution in [0.25, 0.3) is 0 Å². The third-order valence-corrected chi connectivity index (χ3v) is 3.14. The van der Waals surface area contributed by atoms with Gasteiger partial charge in [0.1, 0.15) is 5.76 Å². The molecule has 1 aromatic rings. The van der Waals surface area contributed by atoms with Gasteiger partial charge in [0.2, 0.25) is 0 Å². The van der Waals surface area contributed by atoms with E-state index in [1.165, 1.54) is 25.7 Å². The Bertz CT molecular complexity index is 367. The van der Waals surface area contributed by atoms with E-state index >= 15 is 0 Å². The van der Waals surface area contributed by atoms with Crippen molar-refractivity contribution < 1.29 is 4.42 Å². The second-order valence-electron chi connectivity index (χ2n) is 4.09. The SMILES string of the molecule is S=C(N/N=C/c1ccco1)N1CCCCCC1. The number of hydrogen-bond donors (Lipinski definition) is 1. The van der Waals surface area contributed by atoms with Gasteiger partial charge in [0.05, 0.1) is 12.5 Å². The molecule has 0 radical (unpaired) electrons. The lowest BCUT2D eigenvalue weighted by Crippen LogP contribution is -2.37. The lowest BCUT2D eigenvalue weighted by atomic mass is 10.2. The molecule has 0 spiro atoms. The van der Waals surface area contributed by atoms with Crippen LogP contribution in [0.4, 0.5) is 0 Å².